The molecule has 0 aliphatic carbocycles. The number of guanidine groups is 1. The van der Waals surface area contributed by atoms with Gasteiger partial charge in [0.15, 0.2) is 0 Å². The molecule has 0 N–H and O–H groups in total. The molecule has 0 bridgehead atoms. The summed E-state index contributed by atoms with van der Waals surface area (Å²) in [6.07, 6.45) is 0. The van der Waals surface area contributed by atoms with Gasteiger partial charge in [-0.25, -0.2) is 4.79 Å². The van der Waals surface area contributed by atoms with Gasteiger partial charge in [0.1, 0.15) is 0 Å². The second-order valence-electron chi connectivity index (χ2n) is 3.80. The van der Waals surface area contributed by atoms with Gasteiger partial charge in [0, 0.05) is 14.1 Å². The predicted octanol–water partition coefficient (Wildman–Crippen LogP) is -3.04. The minimum Gasteiger partial charge on any atom is -0.265 e. The van der Waals surface area contributed by atoms with Crippen molar-refractivity contribution < 1.29 is 4.58 Å². The normalized spacial score (nSPS) is 13.1. The molecule has 0 radical (unpaired) electrons. The molecule has 1 aliphatic heterocycles. The topological polar surface area (TPSA) is 71.7 Å². The van der Waals surface area contributed by atoms with Crippen LogP contribution in [0.3, 0.4) is 0 Å². The summed E-state index contributed by atoms with van der Waals surface area (Å²) in [7, 11) is 6.54. The SMILES string of the molecule is Cn1c(=O)c2c(n(C)c1=O)=NC(=[N+](C)C)N=2. The highest BCUT2D eigenvalue weighted by Gasteiger charge is 2.22. The van der Waals surface area contributed by atoms with Crippen molar-refractivity contribution in [1.29, 1.82) is 0 Å². The van der Waals surface area contributed by atoms with Gasteiger partial charge >= 0.3 is 17.2 Å². The minimum absolute atomic E-state index is 0.216. The smallest absolute Gasteiger partial charge is 0.265 e. The van der Waals surface area contributed by atoms with E-state index in [-0.39, 0.29) is 5.36 Å². The van der Waals surface area contributed by atoms with Crippen LogP contribution in [-0.2, 0) is 14.1 Å². The van der Waals surface area contributed by atoms with Gasteiger partial charge in [-0.3, -0.25) is 18.5 Å². The van der Waals surface area contributed by atoms with E-state index in [4.69, 9.17) is 0 Å². The third-order valence-corrected chi connectivity index (χ3v) is 2.43. The molecule has 2 heterocycles. The first kappa shape index (κ1) is 10.5. The molecule has 1 aliphatic rings. The van der Waals surface area contributed by atoms with Gasteiger partial charge < -0.3 is 0 Å². The van der Waals surface area contributed by atoms with Crippen LogP contribution in [-0.4, -0.2) is 33.8 Å². The summed E-state index contributed by atoms with van der Waals surface area (Å²) in [5.74, 6) is 0.424. The number of fused-ring (bicyclic) bond motifs is 1. The van der Waals surface area contributed by atoms with Crippen LogP contribution in [0.1, 0.15) is 0 Å². The molecular weight excluding hydrogens is 210 g/mol. The zero-order valence-electron chi connectivity index (χ0n) is 9.55. The van der Waals surface area contributed by atoms with Crippen molar-refractivity contribution >= 4 is 5.96 Å². The molecule has 0 saturated heterocycles. The first-order chi connectivity index (χ1) is 7.43. The zero-order chi connectivity index (χ0) is 12.0. The number of hydrogen-bond donors (Lipinski definition) is 0. The van der Waals surface area contributed by atoms with Crippen molar-refractivity contribution in [2.24, 2.45) is 24.1 Å². The Kier molecular flexibility index (Phi) is 2.11. The third-order valence-electron chi connectivity index (χ3n) is 2.43. The van der Waals surface area contributed by atoms with Crippen LogP contribution in [0.4, 0.5) is 0 Å². The molecule has 0 saturated carbocycles. The first-order valence-electron chi connectivity index (χ1n) is 4.71. The average molecular weight is 222 g/mol. The maximum absolute atomic E-state index is 11.8. The lowest BCUT2D eigenvalue weighted by atomic mass is 10.5. The molecule has 1 aromatic rings. The van der Waals surface area contributed by atoms with Crippen molar-refractivity contribution in [2.75, 3.05) is 14.1 Å². The van der Waals surface area contributed by atoms with Gasteiger partial charge in [0.2, 0.25) is 0 Å². The van der Waals surface area contributed by atoms with Crippen molar-refractivity contribution in [3.05, 3.63) is 31.7 Å². The lowest BCUT2D eigenvalue weighted by molar-refractivity contribution is -0.466. The molecule has 0 spiro atoms. The van der Waals surface area contributed by atoms with Crippen molar-refractivity contribution in [3.8, 4) is 0 Å². The van der Waals surface area contributed by atoms with Gasteiger partial charge in [0.05, 0.1) is 14.1 Å². The van der Waals surface area contributed by atoms with E-state index < -0.39 is 11.2 Å². The highest BCUT2D eigenvalue weighted by atomic mass is 16.2. The molecule has 0 amide bonds. The van der Waals surface area contributed by atoms with E-state index in [2.05, 4.69) is 9.98 Å². The van der Waals surface area contributed by atoms with Crippen molar-refractivity contribution in [1.82, 2.24) is 9.13 Å². The number of rotatable bonds is 0. The summed E-state index contributed by atoms with van der Waals surface area (Å²) >= 11 is 0. The number of hydrogen-bond acceptors (Lipinski definition) is 2. The highest BCUT2D eigenvalue weighted by molar-refractivity contribution is 5.77. The molecule has 0 unspecified atom stereocenters. The largest absolute Gasteiger partial charge is 0.431 e. The molecule has 1 aromatic heterocycles. The van der Waals surface area contributed by atoms with Crippen molar-refractivity contribution in [2.45, 2.75) is 0 Å². The Labute approximate surface area is 90.3 Å². The van der Waals surface area contributed by atoms with Crippen molar-refractivity contribution in [3.63, 3.8) is 0 Å². The molecule has 7 nitrogen and oxygen atoms in total. The number of nitrogens with zero attached hydrogens (tertiary/aromatic N) is 5. The van der Waals surface area contributed by atoms with E-state index in [0.717, 1.165) is 4.57 Å². The summed E-state index contributed by atoms with van der Waals surface area (Å²) < 4.78 is 4.02. The molecule has 0 aromatic carbocycles. The Balaban J connectivity index is 3.11. The second kappa shape index (κ2) is 3.22. The summed E-state index contributed by atoms with van der Waals surface area (Å²) in [5, 5.41) is 0.216. The zero-order valence-corrected chi connectivity index (χ0v) is 9.55. The predicted molar refractivity (Wildman–Crippen MR) is 56.4 cm³/mol. The van der Waals surface area contributed by atoms with Crippen LogP contribution >= 0.6 is 0 Å². The van der Waals surface area contributed by atoms with Crippen LogP contribution < -0.4 is 22.1 Å². The van der Waals surface area contributed by atoms with Gasteiger partial charge in [-0.1, -0.05) is 4.99 Å². The Morgan fingerprint density at radius 1 is 1.06 bits per heavy atom. The maximum Gasteiger partial charge on any atom is 0.431 e. The quantitative estimate of drug-likeness (QED) is 0.438. The van der Waals surface area contributed by atoms with Gasteiger partial charge in [-0.15, -0.1) is 0 Å². The standard InChI is InChI=1S/C9H12N5O2/c1-12(2)8-10-5-6(11-8)13(3)9(16)14(4)7(5)15/h1-4H3/q+1. The lowest BCUT2D eigenvalue weighted by Gasteiger charge is -1.96. The summed E-state index contributed by atoms with van der Waals surface area (Å²) in [6.45, 7) is 0. The van der Waals surface area contributed by atoms with Crippen LogP contribution in [0.2, 0.25) is 0 Å². The fourth-order valence-corrected chi connectivity index (χ4v) is 1.46. The summed E-state index contributed by atoms with van der Waals surface area (Å²) in [6, 6.07) is 0. The highest BCUT2D eigenvalue weighted by Crippen LogP contribution is 1.80. The third kappa shape index (κ3) is 1.24. The van der Waals surface area contributed by atoms with E-state index in [0.29, 0.717) is 11.4 Å². The minimum atomic E-state index is -0.418. The fraction of sp³-hybridized carbons (Fsp3) is 0.444. The van der Waals surface area contributed by atoms with E-state index in [1.807, 2.05) is 0 Å². The fourth-order valence-electron chi connectivity index (χ4n) is 1.46. The molecule has 2 rings (SSSR count). The Morgan fingerprint density at radius 3 is 2.25 bits per heavy atom. The molecule has 7 heteroatoms. The maximum atomic E-state index is 11.8. The van der Waals surface area contributed by atoms with Crippen LogP contribution in [0.25, 0.3) is 0 Å². The molecule has 0 fully saturated rings. The summed E-state index contributed by atoms with van der Waals surface area (Å²) in [5.41, 5.74) is -0.502. The molecule has 0 atom stereocenters. The Hall–Kier alpha value is -2.05. The van der Waals surface area contributed by atoms with Crippen LogP contribution in [0.15, 0.2) is 19.6 Å². The van der Waals surface area contributed by atoms with Gasteiger partial charge in [0.25, 0.3) is 10.8 Å². The van der Waals surface area contributed by atoms with E-state index >= 15 is 0 Å². The first-order valence-corrected chi connectivity index (χ1v) is 4.71. The lowest BCUT2D eigenvalue weighted by Crippen LogP contribution is -2.55. The monoisotopic (exact) mass is 222 g/mol. The van der Waals surface area contributed by atoms with E-state index in [9.17, 15) is 9.59 Å². The summed E-state index contributed by atoms with van der Waals surface area (Å²) in [4.78, 5) is 31.6. The Morgan fingerprint density at radius 2 is 1.69 bits per heavy atom. The van der Waals surface area contributed by atoms with Crippen LogP contribution in [0, 0.1) is 0 Å². The Bertz CT molecular complexity index is 731. The number of aromatic nitrogens is 2. The molecule has 84 valence electrons. The van der Waals surface area contributed by atoms with Crippen LogP contribution in [0.5, 0.6) is 0 Å². The average Bonchev–Trinajstić information content (AvgIpc) is 2.68. The van der Waals surface area contributed by atoms with Gasteiger partial charge in [-0.2, -0.15) is 0 Å². The van der Waals surface area contributed by atoms with E-state index in [1.165, 1.54) is 11.6 Å². The van der Waals surface area contributed by atoms with Gasteiger partial charge in [-0.05, 0) is 4.99 Å². The second-order valence-corrected chi connectivity index (χ2v) is 3.80. The molecular formula is C9H12N5O2+. The molecule has 16 heavy (non-hydrogen) atoms. The van der Waals surface area contributed by atoms with E-state index in [1.54, 1.807) is 25.7 Å².